The summed E-state index contributed by atoms with van der Waals surface area (Å²) in [6, 6.07) is -0.0151. The third kappa shape index (κ3) is 3.81. The van der Waals surface area contributed by atoms with Gasteiger partial charge in [0, 0.05) is 19.0 Å². The van der Waals surface area contributed by atoms with E-state index in [4.69, 9.17) is 4.74 Å². The van der Waals surface area contributed by atoms with E-state index in [1.165, 1.54) is 7.05 Å². The number of carbonyl (C=O) groups is 1. The molecule has 2 atom stereocenters. The highest BCUT2D eigenvalue weighted by atomic mass is 16.6. The number of hydrogen-bond acceptors (Lipinski definition) is 5. The summed E-state index contributed by atoms with van der Waals surface area (Å²) < 4.78 is 6.33. The van der Waals surface area contributed by atoms with E-state index in [9.17, 15) is 14.4 Å². The minimum Gasteiger partial charge on any atom is -0.444 e. The molecule has 0 spiro atoms. The van der Waals surface area contributed by atoms with E-state index < -0.39 is 22.9 Å². The zero-order chi connectivity index (χ0) is 19.1. The van der Waals surface area contributed by atoms with Crippen molar-refractivity contribution in [2.24, 2.45) is 7.05 Å². The van der Waals surface area contributed by atoms with Gasteiger partial charge in [0.05, 0.1) is 0 Å². The van der Waals surface area contributed by atoms with Crippen LogP contribution in [-0.2, 0) is 11.8 Å². The first-order valence-electron chi connectivity index (χ1n) is 8.82. The summed E-state index contributed by atoms with van der Waals surface area (Å²) in [5.41, 5.74) is -0.863. The maximum Gasteiger partial charge on any atom is 0.407 e. The molecule has 3 N–H and O–H groups in total. The van der Waals surface area contributed by atoms with Crippen LogP contribution in [0.4, 0.5) is 4.79 Å². The van der Waals surface area contributed by atoms with Gasteiger partial charge in [0.1, 0.15) is 16.9 Å². The summed E-state index contributed by atoms with van der Waals surface area (Å²) in [5.74, 6) is 0.735. The van der Waals surface area contributed by atoms with Gasteiger partial charge >= 0.3 is 11.8 Å². The molecule has 9 heteroatoms. The fraction of sp³-hybridized carbons (Fsp3) is 0.647. The molecular formula is C17H25N5O4. The van der Waals surface area contributed by atoms with E-state index in [1.54, 1.807) is 0 Å². The van der Waals surface area contributed by atoms with Crippen LogP contribution in [0.1, 0.15) is 58.2 Å². The number of amides is 1. The van der Waals surface area contributed by atoms with Crippen LogP contribution in [0.3, 0.4) is 0 Å². The van der Waals surface area contributed by atoms with Crippen molar-refractivity contribution in [1.29, 1.82) is 0 Å². The van der Waals surface area contributed by atoms with E-state index in [0.717, 1.165) is 23.8 Å². The Labute approximate surface area is 150 Å². The molecule has 2 heterocycles. The van der Waals surface area contributed by atoms with E-state index in [0.29, 0.717) is 17.8 Å². The van der Waals surface area contributed by atoms with Crippen molar-refractivity contribution in [2.75, 3.05) is 0 Å². The number of carbonyl (C=O) groups excluding carboxylic acids is 1. The van der Waals surface area contributed by atoms with Gasteiger partial charge in [0.25, 0.3) is 5.56 Å². The Balaban J connectivity index is 1.77. The molecule has 142 valence electrons. The van der Waals surface area contributed by atoms with Crippen molar-refractivity contribution in [3.63, 3.8) is 0 Å². The van der Waals surface area contributed by atoms with Gasteiger partial charge in [-0.1, -0.05) is 6.42 Å². The minimum atomic E-state index is -0.539. The maximum absolute atomic E-state index is 12.2. The highest BCUT2D eigenvalue weighted by molar-refractivity contribution is 5.69. The van der Waals surface area contributed by atoms with Crippen molar-refractivity contribution >= 4 is 17.3 Å². The number of ether oxygens (including phenoxy) is 1. The average molecular weight is 363 g/mol. The van der Waals surface area contributed by atoms with E-state index in [1.807, 2.05) is 20.8 Å². The smallest absolute Gasteiger partial charge is 0.407 e. The molecule has 0 saturated heterocycles. The molecule has 1 saturated carbocycles. The highest BCUT2D eigenvalue weighted by Crippen LogP contribution is 2.32. The van der Waals surface area contributed by atoms with Crippen LogP contribution < -0.4 is 16.6 Å². The normalized spacial score (nSPS) is 20.9. The first-order chi connectivity index (χ1) is 12.1. The zero-order valence-electron chi connectivity index (χ0n) is 15.5. The molecule has 9 nitrogen and oxygen atoms in total. The molecule has 3 rings (SSSR count). The monoisotopic (exact) mass is 363 g/mol. The number of alkyl carbamates (subject to hydrolysis) is 1. The Morgan fingerprint density at radius 3 is 2.69 bits per heavy atom. The molecule has 2 aromatic rings. The van der Waals surface area contributed by atoms with Gasteiger partial charge in [-0.25, -0.2) is 14.6 Å². The van der Waals surface area contributed by atoms with Crippen molar-refractivity contribution in [2.45, 2.75) is 64.0 Å². The lowest BCUT2D eigenvalue weighted by Crippen LogP contribution is -2.41. The summed E-state index contributed by atoms with van der Waals surface area (Å²) in [6.07, 6.45) is 2.97. The van der Waals surface area contributed by atoms with Crippen LogP contribution >= 0.6 is 0 Å². The summed E-state index contributed by atoms with van der Waals surface area (Å²) in [5, 5.41) is 2.91. The zero-order valence-corrected chi connectivity index (χ0v) is 15.5. The number of nitrogens with zero attached hydrogens (tertiary/aromatic N) is 2. The van der Waals surface area contributed by atoms with Crippen LogP contribution in [0.25, 0.3) is 11.2 Å². The molecule has 0 unspecified atom stereocenters. The van der Waals surface area contributed by atoms with Gasteiger partial charge < -0.3 is 15.0 Å². The number of aromatic nitrogens is 4. The van der Waals surface area contributed by atoms with Gasteiger partial charge in [-0.3, -0.25) is 14.3 Å². The third-order valence-electron chi connectivity index (χ3n) is 4.55. The van der Waals surface area contributed by atoms with Crippen molar-refractivity contribution in [3.05, 3.63) is 26.7 Å². The number of nitrogens with one attached hydrogen (secondary N) is 3. The molecule has 1 fully saturated rings. The molecule has 0 aliphatic heterocycles. The van der Waals surface area contributed by atoms with Crippen LogP contribution in [0.2, 0.25) is 0 Å². The van der Waals surface area contributed by atoms with Gasteiger partial charge in [-0.2, -0.15) is 0 Å². The number of imidazole rings is 1. The lowest BCUT2D eigenvalue weighted by Gasteiger charge is -2.29. The van der Waals surface area contributed by atoms with Gasteiger partial charge in [0.15, 0.2) is 5.65 Å². The molecule has 2 aromatic heterocycles. The fourth-order valence-corrected chi connectivity index (χ4v) is 3.32. The summed E-state index contributed by atoms with van der Waals surface area (Å²) in [6.45, 7) is 5.48. The lowest BCUT2D eigenvalue weighted by molar-refractivity contribution is 0.0490. The first-order valence-corrected chi connectivity index (χ1v) is 8.82. The van der Waals surface area contributed by atoms with Crippen LogP contribution in [0.5, 0.6) is 0 Å². The van der Waals surface area contributed by atoms with Crippen molar-refractivity contribution in [3.8, 4) is 0 Å². The Morgan fingerprint density at radius 2 is 2.00 bits per heavy atom. The van der Waals surface area contributed by atoms with Gasteiger partial charge in [-0.05, 0) is 40.0 Å². The van der Waals surface area contributed by atoms with E-state index >= 15 is 0 Å². The standard InChI is InChI=1S/C17H25N5O4/c1-17(2,3)26-16(25)18-10-7-5-6-9(8-10)12-19-11-13(20-12)21-15(24)22(4)14(11)23/h9-10H,5-8H2,1-4H3,(H,18,25)(H,19,20)(H,21,24)/t9-,10+/m0/s1. The molecule has 0 bridgehead atoms. The lowest BCUT2D eigenvalue weighted by atomic mass is 9.85. The van der Waals surface area contributed by atoms with E-state index in [2.05, 4.69) is 20.3 Å². The Kier molecular flexibility index (Phi) is 4.64. The first kappa shape index (κ1) is 18.2. The molecule has 0 radical (unpaired) electrons. The molecule has 26 heavy (non-hydrogen) atoms. The predicted molar refractivity (Wildman–Crippen MR) is 96.3 cm³/mol. The number of rotatable bonds is 2. The fourth-order valence-electron chi connectivity index (χ4n) is 3.32. The van der Waals surface area contributed by atoms with Crippen LogP contribution in [-0.4, -0.2) is 37.3 Å². The summed E-state index contributed by atoms with van der Waals surface area (Å²) in [4.78, 5) is 46.0. The minimum absolute atomic E-state index is 0.0151. The molecular weight excluding hydrogens is 338 g/mol. The summed E-state index contributed by atoms with van der Waals surface area (Å²) in [7, 11) is 1.42. The number of fused-ring (bicyclic) bond motifs is 1. The molecule has 1 aliphatic rings. The third-order valence-corrected chi connectivity index (χ3v) is 4.55. The van der Waals surface area contributed by atoms with Crippen molar-refractivity contribution in [1.82, 2.24) is 24.8 Å². The largest absolute Gasteiger partial charge is 0.444 e. The topological polar surface area (TPSA) is 122 Å². The Bertz CT molecular complexity index is 933. The second-order valence-electron chi connectivity index (χ2n) is 7.85. The van der Waals surface area contributed by atoms with Gasteiger partial charge in [0.2, 0.25) is 0 Å². The number of hydrogen-bond donors (Lipinski definition) is 3. The Morgan fingerprint density at radius 1 is 1.27 bits per heavy atom. The predicted octanol–water partition coefficient (Wildman–Crippen LogP) is 1.50. The van der Waals surface area contributed by atoms with Crippen molar-refractivity contribution < 1.29 is 9.53 Å². The molecule has 0 aromatic carbocycles. The second-order valence-corrected chi connectivity index (χ2v) is 7.85. The Hall–Kier alpha value is -2.58. The SMILES string of the molecule is Cn1c(=O)[nH]c2nc([C@H]3CCC[C@@H](NC(=O)OC(C)(C)C)C3)[nH]c2c1=O. The number of H-pyrrole nitrogens is 2. The maximum atomic E-state index is 12.2. The highest BCUT2D eigenvalue weighted by Gasteiger charge is 2.28. The van der Waals surface area contributed by atoms with E-state index in [-0.39, 0.29) is 17.6 Å². The average Bonchev–Trinajstić information content (AvgIpc) is 2.95. The summed E-state index contributed by atoms with van der Waals surface area (Å²) >= 11 is 0. The number of aromatic amines is 2. The van der Waals surface area contributed by atoms with Gasteiger partial charge in [-0.15, -0.1) is 0 Å². The van der Waals surface area contributed by atoms with Crippen LogP contribution in [0.15, 0.2) is 9.59 Å². The second kappa shape index (κ2) is 6.62. The quantitative estimate of drug-likeness (QED) is 0.746. The molecule has 1 aliphatic carbocycles. The van der Waals surface area contributed by atoms with Crippen LogP contribution in [0, 0.1) is 0 Å². The molecule has 1 amide bonds.